The second-order valence-electron chi connectivity index (χ2n) is 15.3. The molecule has 0 N–H and O–H groups in total. The lowest BCUT2D eigenvalue weighted by molar-refractivity contribution is -0.150. The van der Waals surface area contributed by atoms with Crippen LogP contribution in [0.25, 0.3) is 0 Å². The standard InChI is InChI=1S/C44H81NO10/c1-5-7-9-21-33-53-43(49)29-28-39(36-46)25-18-14-13-16-20-31-51-37-41(38-55-42(48)27-24-30-45(3)4)52-32-23-17-12-11-15-19-26-40(47)35-44(50)54-34-22-10-8-6-2/h36,39,41H,5-35,37-38H2,1-4H3. The van der Waals surface area contributed by atoms with E-state index < -0.39 is 5.97 Å². The highest BCUT2D eigenvalue weighted by Crippen LogP contribution is 2.16. The number of ketones is 1. The van der Waals surface area contributed by atoms with Gasteiger partial charge in [-0.3, -0.25) is 19.2 Å². The maximum Gasteiger partial charge on any atom is 0.313 e. The molecule has 0 bridgehead atoms. The Labute approximate surface area is 335 Å². The fourth-order valence-electron chi connectivity index (χ4n) is 6.07. The second kappa shape index (κ2) is 39.8. The fraction of sp³-hybridized carbons (Fsp3) is 0.886. The third-order valence-electron chi connectivity index (χ3n) is 9.56. The third kappa shape index (κ3) is 38.3. The largest absolute Gasteiger partial charge is 0.466 e. The number of aldehydes is 1. The van der Waals surface area contributed by atoms with E-state index >= 15 is 0 Å². The first-order valence-corrected chi connectivity index (χ1v) is 22.0. The van der Waals surface area contributed by atoms with E-state index in [-0.39, 0.29) is 42.8 Å². The predicted molar refractivity (Wildman–Crippen MR) is 218 cm³/mol. The van der Waals surface area contributed by atoms with Gasteiger partial charge in [0.25, 0.3) is 0 Å². The van der Waals surface area contributed by atoms with Gasteiger partial charge in [0.05, 0.1) is 19.8 Å². The summed E-state index contributed by atoms with van der Waals surface area (Å²) < 4.78 is 28.0. The molecular formula is C44H81NO10. The molecule has 0 radical (unpaired) electrons. The van der Waals surface area contributed by atoms with Gasteiger partial charge in [-0.15, -0.1) is 0 Å². The molecule has 322 valence electrons. The van der Waals surface area contributed by atoms with Crippen molar-refractivity contribution in [3.8, 4) is 0 Å². The number of nitrogens with zero attached hydrogens (tertiary/aromatic N) is 1. The van der Waals surface area contributed by atoms with Crippen LogP contribution >= 0.6 is 0 Å². The molecule has 0 aromatic rings. The maximum atomic E-state index is 12.3. The molecule has 0 fully saturated rings. The molecule has 0 aliphatic heterocycles. The van der Waals surface area contributed by atoms with Crippen LogP contribution in [0, 0.1) is 5.92 Å². The summed E-state index contributed by atoms with van der Waals surface area (Å²) in [4.78, 5) is 61.7. The number of hydrogen-bond acceptors (Lipinski definition) is 11. The second-order valence-corrected chi connectivity index (χ2v) is 15.3. The third-order valence-corrected chi connectivity index (χ3v) is 9.56. The number of carbonyl (C=O) groups is 5. The van der Waals surface area contributed by atoms with Gasteiger partial charge in [0.2, 0.25) is 0 Å². The van der Waals surface area contributed by atoms with Crippen molar-refractivity contribution in [2.24, 2.45) is 5.92 Å². The number of Topliss-reactive ketones (excluding diaryl/α,β-unsaturated/α-hetero) is 1. The molecule has 11 nitrogen and oxygen atoms in total. The first-order chi connectivity index (χ1) is 26.7. The molecule has 11 heteroatoms. The van der Waals surface area contributed by atoms with E-state index in [1.165, 1.54) is 0 Å². The number of ether oxygens (including phenoxy) is 5. The molecule has 0 spiro atoms. The van der Waals surface area contributed by atoms with E-state index in [2.05, 4.69) is 13.8 Å². The van der Waals surface area contributed by atoms with Crippen molar-refractivity contribution in [3.05, 3.63) is 0 Å². The molecule has 0 aliphatic rings. The summed E-state index contributed by atoms with van der Waals surface area (Å²) in [7, 11) is 3.96. The van der Waals surface area contributed by atoms with Gasteiger partial charge in [-0.2, -0.15) is 0 Å². The highest BCUT2D eigenvalue weighted by molar-refractivity contribution is 5.95. The number of hydrogen-bond donors (Lipinski definition) is 0. The van der Waals surface area contributed by atoms with Gasteiger partial charge >= 0.3 is 17.9 Å². The normalized spacial score (nSPS) is 12.4. The highest BCUT2D eigenvalue weighted by atomic mass is 16.6. The van der Waals surface area contributed by atoms with Crippen molar-refractivity contribution in [2.45, 2.75) is 187 Å². The average molecular weight is 784 g/mol. The number of unbranched alkanes of at least 4 members (excludes halogenated alkanes) is 15. The first kappa shape index (κ1) is 52.6. The Morgan fingerprint density at radius 3 is 1.71 bits per heavy atom. The van der Waals surface area contributed by atoms with Gasteiger partial charge in [0, 0.05) is 38.4 Å². The Bertz CT molecular complexity index is 944. The minimum Gasteiger partial charge on any atom is -0.466 e. The molecule has 0 aromatic carbocycles. The average Bonchev–Trinajstić information content (AvgIpc) is 3.15. The molecule has 0 aromatic heterocycles. The quantitative estimate of drug-likeness (QED) is 0.0193. The summed E-state index contributed by atoms with van der Waals surface area (Å²) in [6.45, 7) is 7.71. The Hall–Kier alpha value is -2.37. The van der Waals surface area contributed by atoms with Crippen LogP contribution in [0.5, 0.6) is 0 Å². The topological polar surface area (TPSA) is 135 Å². The number of carbonyl (C=O) groups excluding carboxylic acids is 5. The van der Waals surface area contributed by atoms with Crippen molar-refractivity contribution >= 4 is 30.0 Å². The Balaban J connectivity index is 4.18. The van der Waals surface area contributed by atoms with Crippen molar-refractivity contribution in [3.63, 3.8) is 0 Å². The zero-order valence-corrected chi connectivity index (χ0v) is 35.6. The van der Waals surface area contributed by atoms with E-state index in [9.17, 15) is 24.0 Å². The maximum absolute atomic E-state index is 12.3. The van der Waals surface area contributed by atoms with Crippen molar-refractivity contribution in [2.75, 3.05) is 60.3 Å². The molecule has 0 amide bonds. The summed E-state index contributed by atoms with van der Waals surface area (Å²) in [6.07, 6.45) is 22.9. The van der Waals surface area contributed by atoms with Crippen molar-refractivity contribution in [1.29, 1.82) is 0 Å². The van der Waals surface area contributed by atoms with E-state index in [1.807, 2.05) is 19.0 Å². The van der Waals surface area contributed by atoms with Gasteiger partial charge < -0.3 is 33.4 Å². The minimum absolute atomic E-state index is 0.0424. The van der Waals surface area contributed by atoms with Crippen LogP contribution in [0.3, 0.4) is 0 Å². The zero-order valence-electron chi connectivity index (χ0n) is 35.6. The summed E-state index contributed by atoms with van der Waals surface area (Å²) in [5.74, 6) is -0.957. The van der Waals surface area contributed by atoms with Gasteiger partial charge in [0.15, 0.2) is 0 Å². The highest BCUT2D eigenvalue weighted by Gasteiger charge is 2.15. The van der Waals surface area contributed by atoms with Crippen LogP contribution in [0.1, 0.15) is 181 Å². The fourth-order valence-corrected chi connectivity index (χ4v) is 6.07. The Kier molecular flexibility index (Phi) is 38.1. The van der Waals surface area contributed by atoms with Gasteiger partial charge in [-0.1, -0.05) is 104 Å². The lowest BCUT2D eigenvalue weighted by atomic mass is 9.97. The van der Waals surface area contributed by atoms with Crippen LogP contribution in [0.4, 0.5) is 0 Å². The van der Waals surface area contributed by atoms with E-state index in [0.717, 1.165) is 148 Å². The zero-order chi connectivity index (χ0) is 40.6. The minimum atomic E-state index is -0.404. The first-order valence-electron chi connectivity index (χ1n) is 22.0. The molecule has 0 rings (SSSR count). The molecule has 55 heavy (non-hydrogen) atoms. The van der Waals surface area contributed by atoms with Gasteiger partial charge in [-0.25, -0.2) is 0 Å². The Morgan fingerprint density at radius 1 is 0.527 bits per heavy atom. The predicted octanol–water partition coefficient (Wildman–Crippen LogP) is 9.15. The molecule has 0 saturated carbocycles. The Morgan fingerprint density at radius 2 is 1.07 bits per heavy atom. The van der Waals surface area contributed by atoms with Crippen LogP contribution in [-0.4, -0.2) is 101 Å². The lowest BCUT2D eigenvalue weighted by Gasteiger charge is -2.18. The molecule has 2 atom stereocenters. The number of esters is 3. The SMILES string of the molecule is CCCCCCOC(=O)CCC(C=O)CCCCCCCOCC(COC(=O)CCCN(C)C)OCCCCCCCCC(=O)CC(=O)OCCCCCC. The molecule has 2 unspecified atom stereocenters. The molecule has 0 saturated heterocycles. The summed E-state index contributed by atoms with van der Waals surface area (Å²) >= 11 is 0. The van der Waals surface area contributed by atoms with Crippen LogP contribution in [0.2, 0.25) is 0 Å². The smallest absolute Gasteiger partial charge is 0.313 e. The van der Waals surface area contributed by atoms with Crippen molar-refractivity contribution in [1.82, 2.24) is 4.90 Å². The van der Waals surface area contributed by atoms with Crippen LogP contribution < -0.4 is 0 Å². The molecule has 0 heterocycles. The number of rotatable bonds is 42. The van der Waals surface area contributed by atoms with Gasteiger partial charge in [-0.05, 0) is 72.0 Å². The van der Waals surface area contributed by atoms with E-state index in [1.54, 1.807) is 0 Å². The summed E-state index contributed by atoms with van der Waals surface area (Å²) in [6, 6.07) is 0. The summed E-state index contributed by atoms with van der Waals surface area (Å²) in [5, 5.41) is 0. The lowest BCUT2D eigenvalue weighted by Crippen LogP contribution is -2.28. The summed E-state index contributed by atoms with van der Waals surface area (Å²) in [5.41, 5.74) is 0. The van der Waals surface area contributed by atoms with Crippen LogP contribution in [-0.2, 0) is 47.7 Å². The van der Waals surface area contributed by atoms with Gasteiger partial charge in [0.1, 0.15) is 31.2 Å². The molecule has 0 aliphatic carbocycles. The monoisotopic (exact) mass is 784 g/mol. The van der Waals surface area contributed by atoms with Crippen LogP contribution in [0.15, 0.2) is 0 Å². The van der Waals surface area contributed by atoms with E-state index in [4.69, 9.17) is 23.7 Å². The molecular weight excluding hydrogens is 702 g/mol. The van der Waals surface area contributed by atoms with E-state index in [0.29, 0.717) is 58.7 Å². The van der Waals surface area contributed by atoms with Crippen molar-refractivity contribution < 1.29 is 47.7 Å².